The van der Waals surface area contributed by atoms with E-state index in [1.165, 1.54) is 0 Å². The van der Waals surface area contributed by atoms with Gasteiger partial charge in [-0.05, 0) is 36.6 Å². The molecule has 1 heterocycles. The minimum Gasteiger partial charge on any atom is -0.478 e. The molecule has 90 valence electrons. The van der Waals surface area contributed by atoms with Gasteiger partial charge in [0.15, 0.2) is 0 Å². The van der Waals surface area contributed by atoms with Crippen molar-refractivity contribution in [2.75, 3.05) is 13.7 Å². The predicted octanol–water partition coefficient (Wildman–Crippen LogP) is 1.05. The van der Waals surface area contributed by atoms with Crippen LogP contribution in [0.3, 0.4) is 0 Å². The van der Waals surface area contributed by atoms with Crippen LogP contribution in [0.2, 0.25) is 0 Å². The summed E-state index contributed by atoms with van der Waals surface area (Å²) < 4.78 is 5.13. The molecule has 0 bridgehead atoms. The van der Waals surface area contributed by atoms with E-state index < -0.39 is 5.97 Å². The molecular weight excluding hydrogens is 217 g/mol. The third-order valence-electron chi connectivity index (χ3n) is 3.12. The van der Waals surface area contributed by atoms with Gasteiger partial charge in [-0.15, -0.1) is 0 Å². The number of benzene rings is 1. The smallest absolute Gasteiger partial charge is 0.363 e. The minimum absolute atomic E-state index is 0.422. The zero-order valence-corrected chi connectivity index (χ0v) is 9.98. The summed E-state index contributed by atoms with van der Waals surface area (Å²) in [5.41, 5.74) is 2.52. The Morgan fingerprint density at radius 1 is 1.53 bits per heavy atom. The van der Waals surface area contributed by atoms with E-state index in [-0.39, 0.29) is 0 Å². The highest BCUT2D eigenvalue weighted by Gasteiger charge is 2.20. The first-order chi connectivity index (χ1) is 8.22. The van der Waals surface area contributed by atoms with Gasteiger partial charge < -0.3 is 14.6 Å². The van der Waals surface area contributed by atoms with E-state index in [9.17, 15) is 9.90 Å². The number of nitrogens with zero attached hydrogens (tertiary/aromatic N) is 1. The van der Waals surface area contributed by atoms with Crippen molar-refractivity contribution in [2.45, 2.75) is 19.4 Å². The van der Waals surface area contributed by atoms with Crippen LogP contribution in [0.4, 0.5) is 0 Å². The maximum Gasteiger partial charge on any atom is 0.363 e. The van der Waals surface area contributed by atoms with Gasteiger partial charge in [0.1, 0.15) is 0 Å². The lowest BCUT2D eigenvalue weighted by Crippen LogP contribution is -2.29. The molecule has 0 saturated carbocycles. The van der Waals surface area contributed by atoms with E-state index in [1.807, 2.05) is 12.1 Å². The molecule has 0 amide bonds. The summed E-state index contributed by atoms with van der Waals surface area (Å²) in [6.45, 7) is 1.60. The van der Waals surface area contributed by atoms with Crippen LogP contribution in [0.15, 0.2) is 18.2 Å². The summed E-state index contributed by atoms with van der Waals surface area (Å²) >= 11 is 0. The topological polar surface area (TPSA) is 49.8 Å². The van der Waals surface area contributed by atoms with E-state index in [4.69, 9.17) is 4.65 Å². The van der Waals surface area contributed by atoms with Gasteiger partial charge in [-0.2, -0.15) is 0 Å². The molecule has 1 aliphatic rings. The molecule has 17 heavy (non-hydrogen) atoms. The molecule has 4 nitrogen and oxygen atoms in total. The number of hydrogen-bond donors (Lipinski definition) is 1. The fourth-order valence-corrected chi connectivity index (χ4v) is 2.34. The van der Waals surface area contributed by atoms with Crippen LogP contribution in [0.25, 0.3) is 0 Å². The maximum atomic E-state index is 11.2. The van der Waals surface area contributed by atoms with Gasteiger partial charge in [0.2, 0.25) is 0 Å². The van der Waals surface area contributed by atoms with Crippen molar-refractivity contribution in [2.24, 2.45) is 0 Å². The van der Waals surface area contributed by atoms with Crippen LogP contribution in [0.5, 0.6) is 0 Å². The van der Waals surface area contributed by atoms with Gasteiger partial charge in [0.05, 0.1) is 5.56 Å². The van der Waals surface area contributed by atoms with E-state index >= 15 is 0 Å². The zero-order chi connectivity index (χ0) is 12.3. The van der Waals surface area contributed by atoms with Crippen molar-refractivity contribution in [3.8, 4) is 0 Å². The first kappa shape index (κ1) is 12.1. The molecule has 1 aliphatic heterocycles. The molecule has 1 aromatic carbocycles. The molecule has 2 rings (SSSR count). The number of aromatic carboxylic acids is 1. The van der Waals surface area contributed by atoms with E-state index in [0.29, 0.717) is 19.7 Å². The molecule has 0 aliphatic carbocycles. The van der Waals surface area contributed by atoms with Gasteiger partial charge in [-0.3, -0.25) is 0 Å². The van der Waals surface area contributed by atoms with Crippen molar-refractivity contribution in [3.63, 3.8) is 0 Å². The van der Waals surface area contributed by atoms with Crippen molar-refractivity contribution in [1.82, 2.24) is 4.81 Å². The number of rotatable bonds is 3. The molecule has 0 fully saturated rings. The molecule has 0 radical (unpaired) electrons. The maximum absolute atomic E-state index is 11.2. The number of fused-ring (bicyclic) bond motifs is 1. The van der Waals surface area contributed by atoms with E-state index in [0.717, 1.165) is 30.5 Å². The van der Waals surface area contributed by atoms with Gasteiger partial charge in [-0.25, -0.2) is 4.79 Å². The Kier molecular flexibility index (Phi) is 3.81. The van der Waals surface area contributed by atoms with Crippen molar-refractivity contribution >= 4 is 13.6 Å². The molecule has 0 unspecified atom stereocenters. The average molecular weight is 233 g/mol. The summed E-state index contributed by atoms with van der Waals surface area (Å²) in [5, 5.41) is 9.20. The highest BCUT2D eigenvalue weighted by Crippen LogP contribution is 2.22. The summed E-state index contributed by atoms with van der Waals surface area (Å²) in [6.07, 6.45) is 1.98. The Morgan fingerprint density at radius 2 is 2.35 bits per heavy atom. The monoisotopic (exact) mass is 233 g/mol. The molecule has 1 N–H and O–H groups in total. The molecule has 0 atom stereocenters. The third-order valence-corrected chi connectivity index (χ3v) is 3.12. The molecule has 0 saturated heterocycles. The Labute approximate surface area is 101 Å². The second-order valence-corrected chi connectivity index (χ2v) is 4.32. The Hall–Kier alpha value is -1.33. The summed E-state index contributed by atoms with van der Waals surface area (Å²) in [5.74, 6) is -0.846. The number of aryl methyl sites for hydroxylation is 1. The fourth-order valence-electron chi connectivity index (χ4n) is 2.34. The number of carbonyl (C=O) groups is 1. The first-order valence-electron chi connectivity index (χ1n) is 5.77. The molecule has 0 spiro atoms. The number of carboxylic acid groups (broad SMARTS) is 1. The van der Waals surface area contributed by atoms with Crippen molar-refractivity contribution < 1.29 is 14.6 Å². The fraction of sp³-hybridized carbons (Fsp3) is 0.417. The van der Waals surface area contributed by atoms with Gasteiger partial charge in [-0.1, -0.05) is 12.1 Å². The number of carboxylic acids is 1. The van der Waals surface area contributed by atoms with Crippen LogP contribution >= 0.6 is 0 Å². The lowest BCUT2D eigenvalue weighted by Gasteiger charge is -2.18. The lowest BCUT2D eigenvalue weighted by molar-refractivity contribution is 0.0695. The van der Waals surface area contributed by atoms with Crippen LogP contribution < -0.4 is 0 Å². The summed E-state index contributed by atoms with van der Waals surface area (Å²) in [7, 11) is 2.21. The highest BCUT2D eigenvalue weighted by atomic mass is 16.4. The highest BCUT2D eigenvalue weighted by molar-refractivity contribution is 6.23. The normalized spacial score (nSPS) is 16.1. The van der Waals surface area contributed by atoms with Crippen LogP contribution in [0, 0.1) is 0 Å². The Morgan fingerprint density at radius 3 is 3.06 bits per heavy atom. The largest absolute Gasteiger partial charge is 0.478 e. The standard InChI is InChI=1S/C12H16BNO3/c1-17-13-14-7-3-5-9-4-2-6-10(12(15)16)11(9)8-14/h2,4,6,13H,3,5,7-8H2,1H3,(H,15,16). The second-order valence-electron chi connectivity index (χ2n) is 4.32. The van der Waals surface area contributed by atoms with Gasteiger partial charge >= 0.3 is 13.6 Å². The predicted molar refractivity (Wildman–Crippen MR) is 66.3 cm³/mol. The third kappa shape index (κ3) is 2.68. The molecule has 0 aromatic heterocycles. The zero-order valence-electron chi connectivity index (χ0n) is 9.98. The van der Waals surface area contributed by atoms with Crippen molar-refractivity contribution in [1.29, 1.82) is 0 Å². The molecular formula is C12H16BNO3. The lowest BCUT2D eigenvalue weighted by atomic mass is 9.98. The van der Waals surface area contributed by atoms with E-state index in [2.05, 4.69) is 4.81 Å². The molecule has 1 aromatic rings. The number of hydrogen-bond acceptors (Lipinski definition) is 3. The Balaban J connectivity index is 2.34. The van der Waals surface area contributed by atoms with Gasteiger partial charge in [0.25, 0.3) is 0 Å². The first-order valence-corrected chi connectivity index (χ1v) is 5.77. The SMILES string of the molecule is COBN1CCCc2cccc(C(=O)O)c2C1. The Bertz CT molecular complexity index is 422. The van der Waals surface area contributed by atoms with Gasteiger partial charge in [0, 0.05) is 13.7 Å². The quantitative estimate of drug-likeness (QED) is 0.792. The van der Waals surface area contributed by atoms with Crippen molar-refractivity contribution in [3.05, 3.63) is 34.9 Å². The van der Waals surface area contributed by atoms with Crippen LogP contribution in [0.1, 0.15) is 27.9 Å². The molecule has 5 heteroatoms. The summed E-state index contributed by atoms with van der Waals surface area (Å²) in [4.78, 5) is 13.3. The second kappa shape index (κ2) is 5.34. The summed E-state index contributed by atoms with van der Waals surface area (Å²) in [6, 6.07) is 5.53. The van der Waals surface area contributed by atoms with E-state index in [1.54, 1.807) is 13.2 Å². The van der Waals surface area contributed by atoms with Crippen LogP contribution in [-0.4, -0.2) is 37.2 Å². The average Bonchev–Trinajstić information content (AvgIpc) is 2.50. The van der Waals surface area contributed by atoms with Crippen LogP contribution in [-0.2, 0) is 17.6 Å². The minimum atomic E-state index is -0.846.